The number of nitrogens with two attached hydrogens (primary N) is 1. The molecule has 1 heterocycles. The molecule has 18 heavy (non-hydrogen) atoms. The maximum atomic E-state index is 11.6. The molecule has 0 aliphatic carbocycles. The molecule has 2 aromatic rings. The van der Waals surface area contributed by atoms with Crippen LogP contribution in [-0.2, 0) is 11.2 Å². The molecule has 0 radical (unpaired) electrons. The topological polar surface area (TPSA) is 68.1 Å². The second-order valence-electron chi connectivity index (χ2n) is 4.07. The van der Waals surface area contributed by atoms with Gasteiger partial charge in [0.15, 0.2) is 0 Å². The van der Waals surface area contributed by atoms with Crippen molar-refractivity contribution in [3.63, 3.8) is 0 Å². The second kappa shape index (κ2) is 5.91. The van der Waals surface area contributed by atoms with Gasteiger partial charge in [-0.05, 0) is 24.5 Å². The van der Waals surface area contributed by atoms with Crippen molar-refractivity contribution >= 4 is 11.7 Å². The number of ether oxygens (including phenoxy) is 1. The number of carbonyl (C=O) groups excluding carboxylic acids is 1. The van der Waals surface area contributed by atoms with Crippen molar-refractivity contribution in [2.75, 3.05) is 12.3 Å². The van der Waals surface area contributed by atoms with E-state index in [0.29, 0.717) is 18.0 Å². The largest absolute Gasteiger partial charge is 0.461 e. The summed E-state index contributed by atoms with van der Waals surface area (Å²) in [5.41, 5.74) is 7.69. The normalized spacial score (nSPS) is 10.2. The minimum atomic E-state index is -0.361. The summed E-state index contributed by atoms with van der Waals surface area (Å²) in [5.74, 6) is -0.361. The zero-order chi connectivity index (χ0) is 12.8. The molecule has 0 saturated heterocycles. The molecule has 0 fully saturated rings. The smallest absolute Gasteiger partial charge is 0.354 e. The van der Waals surface area contributed by atoms with Crippen LogP contribution in [0, 0.1) is 0 Å². The number of benzene rings is 1. The molecule has 1 aromatic carbocycles. The van der Waals surface area contributed by atoms with Gasteiger partial charge >= 0.3 is 5.97 Å². The highest BCUT2D eigenvalue weighted by molar-refractivity contribution is 5.88. The predicted molar refractivity (Wildman–Crippen MR) is 70.3 cm³/mol. The van der Waals surface area contributed by atoms with E-state index in [-0.39, 0.29) is 5.97 Å². The molecule has 0 unspecified atom stereocenters. The summed E-state index contributed by atoms with van der Waals surface area (Å²) in [6.45, 7) is 0.409. The SMILES string of the molecule is Nc1c[nH]c(C(=O)OCCCc2ccccc2)c1. The summed E-state index contributed by atoms with van der Waals surface area (Å²) in [7, 11) is 0. The van der Waals surface area contributed by atoms with Crippen molar-refractivity contribution < 1.29 is 9.53 Å². The number of nitrogens with one attached hydrogen (secondary N) is 1. The van der Waals surface area contributed by atoms with Crippen LogP contribution in [-0.4, -0.2) is 17.6 Å². The van der Waals surface area contributed by atoms with Gasteiger partial charge in [0.2, 0.25) is 0 Å². The Labute approximate surface area is 106 Å². The number of hydrogen-bond acceptors (Lipinski definition) is 3. The van der Waals surface area contributed by atoms with E-state index >= 15 is 0 Å². The average molecular weight is 244 g/mol. The Morgan fingerprint density at radius 3 is 2.72 bits per heavy atom. The van der Waals surface area contributed by atoms with Crippen molar-refractivity contribution in [3.05, 3.63) is 53.9 Å². The van der Waals surface area contributed by atoms with Gasteiger partial charge in [0.1, 0.15) is 5.69 Å². The van der Waals surface area contributed by atoms with Gasteiger partial charge in [-0.3, -0.25) is 0 Å². The van der Waals surface area contributed by atoms with Crippen LogP contribution >= 0.6 is 0 Å². The summed E-state index contributed by atoms with van der Waals surface area (Å²) in [6, 6.07) is 11.7. The van der Waals surface area contributed by atoms with E-state index < -0.39 is 0 Å². The summed E-state index contributed by atoms with van der Waals surface area (Å²) in [5, 5.41) is 0. The Balaban J connectivity index is 1.71. The minimum absolute atomic E-state index is 0.361. The molecule has 94 valence electrons. The van der Waals surface area contributed by atoms with Crippen molar-refractivity contribution in [1.29, 1.82) is 0 Å². The molecule has 0 aliphatic heterocycles. The summed E-state index contributed by atoms with van der Waals surface area (Å²) in [4.78, 5) is 14.3. The molecule has 0 aliphatic rings. The van der Waals surface area contributed by atoms with Gasteiger partial charge in [0, 0.05) is 6.20 Å². The highest BCUT2D eigenvalue weighted by Crippen LogP contribution is 2.07. The standard InChI is InChI=1S/C14H16N2O2/c15-12-9-13(16-10-12)14(17)18-8-4-7-11-5-2-1-3-6-11/h1-3,5-6,9-10,16H,4,7-8,15H2. The molecular weight excluding hydrogens is 228 g/mol. The van der Waals surface area contributed by atoms with E-state index in [1.54, 1.807) is 12.3 Å². The Morgan fingerprint density at radius 1 is 1.28 bits per heavy atom. The molecule has 0 bridgehead atoms. The number of nitrogen functional groups attached to an aromatic ring is 1. The van der Waals surface area contributed by atoms with Gasteiger partial charge in [-0.25, -0.2) is 4.79 Å². The first-order chi connectivity index (χ1) is 8.75. The molecule has 4 nitrogen and oxygen atoms in total. The molecular formula is C14H16N2O2. The summed E-state index contributed by atoms with van der Waals surface area (Å²) in [6.07, 6.45) is 3.29. The number of carbonyl (C=O) groups is 1. The van der Waals surface area contributed by atoms with Crippen LogP contribution < -0.4 is 5.73 Å². The molecule has 0 amide bonds. The van der Waals surface area contributed by atoms with Crippen LogP contribution in [0.2, 0.25) is 0 Å². The Bertz CT molecular complexity index is 506. The zero-order valence-electron chi connectivity index (χ0n) is 10.1. The third kappa shape index (κ3) is 3.38. The fourth-order valence-corrected chi connectivity index (χ4v) is 1.69. The first-order valence-electron chi connectivity index (χ1n) is 5.90. The van der Waals surface area contributed by atoms with Crippen LogP contribution in [0.25, 0.3) is 0 Å². The van der Waals surface area contributed by atoms with Crippen molar-refractivity contribution in [1.82, 2.24) is 4.98 Å². The molecule has 0 spiro atoms. The summed E-state index contributed by atoms with van der Waals surface area (Å²) < 4.78 is 5.14. The monoisotopic (exact) mass is 244 g/mol. The molecule has 1 aromatic heterocycles. The predicted octanol–water partition coefficient (Wildman–Crippen LogP) is 2.39. The van der Waals surface area contributed by atoms with E-state index in [1.807, 2.05) is 18.2 Å². The van der Waals surface area contributed by atoms with E-state index in [0.717, 1.165) is 12.8 Å². The third-order valence-corrected chi connectivity index (χ3v) is 2.61. The van der Waals surface area contributed by atoms with E-state index in [4.69, 9.17) is 10.5 Å². The highest BCUT2D eigenvalue weighted by atomic mass is 16.5. The number of aromatic nitrogens is 1. The fourth-order valence-electron chi connectivity index (χ4n) is 1.69. The lowest BCUT2D eigenvalue weighted by Gasteiger charge is -2.03. The number of aromatic amines is 1. The highest BCUT2D eigenvalue weighted by Gasteiger charge is 2.08. The molecule has 2 rings (SSSR count). The lowest BCUT2D eigenvalue weighted by atomic mass is 10.1. The number of hydrogen-bond donors (Lipinski definition) is 2. The number of anilines is 1. The first-order valence-corrected chi connectivity index (χ1v) is 5.90. The molecule has 3 N–H and O–H groups in total. The molecule has 0 atom stereocenters. The van der Waals surface area contributed by atoms with Crippen molar-refractivity contribution in [2.45, 2.75) is 12.8 Å². The van der Waals surface area contributed by atoms with Crippen LogP contribution in [0.5, 0.6) is 0 Å². The van der Waals surface area contributed by atoms with Gasteiger partial charge in [0.05, 0.1) is 12.3 Å². The quantitative estimate of drug-likeness (QED) is 0.626. The second-order valence-corrected chi connectivity index (χ2v) is 4.07. The van der Waals surface area contributed by atoms with Crippen LogP contribution in [0.4, 0.5) is 5.69 Å². The third-order valence-electron chi connectivity index (χ3n) is 2.61. The Morgan fingerprint density at radius 2 is 2.06 bits per heavy atom. The maximum Gasteiger partial charge on any atom is 0.354 e. The Kier molecular flexibility index (Phi) is 4.02. The Hall–Kier alpha value is -2.23. The minimum Gasteiger partial charge on any atom is -0.461 e. The van der Waals surface area contributed by atoms with Crippen LogP contribution in [0.3, 0.4) is 0 Å². The number of rotatable bonds is 5. The molecule has 4 heteroatoms. The van der Waals surface area contributed by atoms with E-state index in [2.05, 4.69) is 17.1 Å². The number of esters is 1. The fraction of sp³-hybridized carbons (Fsp3) is 0.214. The van der Waals surface area contributed by atoms with Crippen molar-refractivity contribution in [3.8, 4) is 0 Å². The lowest BCUT2D eigenvalue weighted by molar-refractivity contribution is 0.0494. The summed E-state index contributed by atoms with van der Waals surface area (Å²) >= 11 is 0. The number of aryl methyl sites for hydroxylation is 1. The van der Waals surface area contributed by atoms with Gasteiger partial charge in [-0.15, -0.1) is 0 Å². The van der Waals surface area contributed by atoms with Gasteiger partial charge < -0.3 is 15.5 Å². The van der Waals surface area contributed by atoms with E-state index in [9.17, 15) is 4.79 Å². The lowest BCUT2D eigenvalue weighted by Crippen LogP contribution is -2.07. The average Bonchev–Trinajstić information content (AvgIpc) is 2.82. The van der Waals surface area contributed by atoms with Gasteiger partial charge in [-0.2, -0.15) is 0 Å². The van der Waals surface area contributed by atoms with E-state index in [1.165, 1.54) is 5.56 Å². The van der Waals surface area contributed by atoms with Crippen LogP contribution in [0.1, 0.15) is 22.5 Å². The zero-order valence-corrected chi connectivity index (χ0v) is 10.1. The van der Waals surface area contributed by atoms with Gasteiger partial charge in [0.25, 0.3) is 0 Å². The van der Waals surface area contributed by atoms with Crippen LogP contribution in [0.15, 0.2) is 42.6 Å². The number of H-pyrrole nitrogens is 1. The first kappa shape index (κ1) is 12.2. The van der Waals surface area contributed by atoms with Crippen molar-refractivity contribution in [2.24, 2.45) is 0 Å². The maximum absolute atomic E-state index is 11.6. The molecule has 0 saturated carbocycles. The van der Waals surface area contributed by atoms with Gasteiger partial charge in [-0.1, -0.05) is 30.3 Å².